The molecule has 2 aromatic rings. The number of non-ortho nitro benzene ring substituents is 1. The molecule has 0 saturated carbocycles. The van der Waals surface area contributed by atoms with Gasteiger partial charge in [-0.05, 0) is 18.2 Å². The van der Waals surface area contributed by atoms with Crippen LogP contribution in [0.15, 0.2) is 36.4 Å². The first kappa shape index (κ1) is 19.9. The number of piperazine rings is 1. The molecule has 0 aromatic heterocycles. The van der Waals surface area contributed by atoms with E-state index in [-0.39, 0.29) is 17.2 Å². The quantitative estimate of drug-likeness (QED) is 0.564. The largest absolute Gasteiger partial charge is 0.497 e. The Morgan fingerprint density at radius 3 is 2.21 bits per heavy atom. The molecular formula is C20H20N4O5. The normalized spacial score (nSPS) is 13.6. The van der Waals surface area contributed by atoms with E-state index in [1.807, 2.05) is 11.0 Å². The Morgan fingerprint density at radius 1 is 1.07 bits per heavy atom. The molecule has 0 N–H and O–H groups in total. The van der Waals surface area contributed by atoms with Crippen molar-refractivity contribution in [1.29, 1.82) is 5.26 Å². The molecule has 1 amide bonds. The predicted octanol–water partition coefficient (Wildman–Crippen LogP) is 2.45. The first-order chi connectivity index (χ1) is 14.0. The number of nitro groups is 1. The van der Waals surface area contributed by atoms with Crippen molar-refractivity contribution in [2.45, 2.75) is 0 Å². The van der Waals surface area contributed by atoms with Crippen molar-refractivity contribution in [3.63, 3.8) is 0 Å². The lowest BCUT2D eigenvalue weighted by Crippen LogP contribution is -2.49. The maximum absolute atomic E-state index is 12.9. The number of ether oxygens (including phenoxy) is 2. The summed E-state index contributed by atoms with van der Waals surface area (Å²) in [5.41, 5.74) is 1.23. The van der Waals surface area contributed by atoms with Crippen molar-refractivity contribution in [1.82, 2.24) is 4.90 Å². The molecule has 0 bridgehead atoms. The van der Waals surface area contributed by atoms with Gasteiger partial charge in [0.05, 0.1) is 30.4 Å². The Labute approximate surface area is 167 Å². The number of rotatable bonds is 5. The molecule has 1 saturated heterocycles. The van der Waals surface area contributed by atoms with Gasteiger partial charge in [0.25, 0.3) is 11.6 Å². The van der Waals surface area contributed by atoms with E-state index in [9.17, 15) is 20.2 Å². The van der Waals surface area contributed by atoms with E-state index < -0.39 is 4.92 Å². The van der Waals surface area contributed by atoms with Gasteiger partial charge in [-0.15, -0.1) is 0 Å². The lowest BCUT2D eigenvalue weighted by Gasteiger charge is -2.36. The molecule has 0 spiro atoms. The number of nitro benzene ring substituents is 1. The average molecular weight is 396 g/mol. The van der Waals surface area contributed by atoms with Crippen LogP contribution in [0.3, 0.4) is 0 Å². The number of nitrogens with zero attached hydrogens (tertiary/aromatic N) is 4. The third-order valence-corrected chi connectivity index (χ3v) is 4.82. The van der Waals surface area contributed by atoms with Crippen LogP contribution in [0.1, 0.15) is 15.9 Å². The Kier molecular flexibility index (Phi) is 5.83. The minimum atomic E-state index is -0.524. The summed E-state index contributed by atoms with van der Waals surface area (Å²) in [4.78, 5) is 27.0. The number of anilines is 1. The van der Waals surface area contributed by atoms with Crippen LogP contribution in [0.2, 0.25) is 0 Å². The highest BCUT2D eigenvalue weighted by atomic mass is 16.6. The van der Waals surface area contributed by atoms with Gasteiger partial charge in [-0.3, -0.25) is 14.9 Å². The average Bonchev–Trinajstić information content (AvgIpc) is 2.77. The number of carbonyl (C=O) groups is 1. The molecule has 1 aliphatic rings. The number of carbonyl (C=O) groups excluding carboxylic acids is 1. The maximum atomic E-state index is 12.9. The summed E-state index contributed by atoms with van der Waals surface area (Å²) in [6.45, 7) is 1.94. The van der Waals surface area contributed by atoms with Gasteiger partial charge in [0.15, 0.2) is 0 Å². The number of nitriles is 1. The third kappa shape index (κ3) is 4.21. The van der Waals surface area contributed by atoms with E-state index in [4.69, 9.17) is 9.47 Å². The fourth-order valence-electron chi connectivity index (χ4n) is 3.27. The molecule has 1 fully saturated rings. The highest BCUT2D eigenvalue weighted by Crippen LogP contribution is 2.27. The molecule has 0 radical (unpaired) electrons. The van der Waals surface area contributed by atoms with Crippen LogP contribution in [-0.4, -0.2) is 56.1 Å². The van der Waals surface area contributed by atoms with Crippen LogP contribution < -0.4 is 14.4 Å². The zero-order valence-corrected chi connectivity index (χ0v) is 16.1. The highest BCUT2D eigenvalue weighted by molar-refractivity contribution is 5.95. The van der Waals surface area contributed by atoms with Crippen LogP contribution >= 0.6 is 0 Å². The van der Waals surface area contributed by atoms with Gasteiger partial charge in [-0.25, -0.2) is 0 Å². The highest BCUT2D eigenvalue weighted by Gasteiger charge is 2.25. The van der Waals surface area contributed by atoms with Gasteiger partial charge in [0.1, 0.15) is 17.6 Å². The van der Waals surface area contributed by atoms with Crippen LogP contribution in [-0.2, 0) is 0 Å². The van der Waals surface area contributed by atoms with Crippen LogP contribution in [0, 0.1) is 21.4 Å². The molecule has 150 valence electrons. The van der Waals surface area contributed by atoms with Gasteiger partial charge in [-0.2, -0.15) is 5.26 Å². The van der Waals surface area contributed by atoms with Gasteiger partial charge in [-0.1, -0.05) is 0 Å². The second-order valence-corrected chi connectivity index (χ2v) is 6.45. The summed E-state index contributed by atoms with van der Waals surface area (Å²) in [5, 5.41) is 20.3. The van der Waals surface area contributed by atoms with Crippen molar-refractivity contribution < 1.29 is 19.2 Å². The van der Waals surface area contributed by atoms with Gasteiger partial charge in [0.2, 0.25) is 0 Å². The molecule has 0 unspecified atom stereocenters. The fraction of sp³-hybridized carbons (Fsp3) is 0.300. The predicted molar refractivity (Wildman–Crippen MR) is 105 cm³/mol. The monoisotopic (exact) mass is 396 g/mol. The van der Waals surface area contributed by atoms with Crippen molar-refractivity contribution in [3.05, 3.63) is 57.6 Å². The Hall–Kier alpha value is -3.80. The lowest BCUT2D eigenvalue weighted by molar-refractivity contribution is -0.384. The molecular weight excluding hydrogens is 376 g/mol. The molecule has 1 heterocycles. The van der Waals surface area contributed by atoms with Gasteiger partial charge in [0, 0.05) is 49.9 Å². The molecule has 29 heavy (non-hydrogen) atoms. The minimum Gasteiger partial charge on any atom is -0.497 e. The molecule has 1 aliphatic heterocycles. The number of methoxy groups -OCH3 is 2. The fourth-order valence-corrected chi connectivity index (χ4v) is 3.27. The third-order valence-electron chi connectivity index (χ3n) is 4.82. The topological polar surface area (TPSA) is 109 Å². The molecule has 3 rings (SSSR count). The summed E-state index contributed by atoms with van der Waals surface area (Å²) >= 11 is 0. The minimum absolute atomic E-state index is 0.119. The number of hydrogen-bond donors (Lipinski definition) is 0. The van der Waals surface area contributed by atoms with Crippen LogP contribution in [0.5, 0.6) is 11.5 Å². The molecule has 9 heteroatoms. The van der Waals surface area contributed by atoms with Crippen molar-refractivity contribution >= 4 is 17.3 Å². The standard InChI is InChI=1S/C20H20N4O5/c1-28-17-10-14(11-18(12-17)29-2)20(25)23-7-5-22(6-8-23)19-4-3-16(24(26)27)9-15(19)13-21/h3-4,9-12H,5-8H2,1-2H3. The molecule has 0 aliphatic carbocycles. The van der Waals surface area contributed by atoms with Crippen molar-refractivity contribution in [2.24, 2.45) is 0 Å². The van der Waals surface area contributed by atoms with E-state index in [1.165, 1.54) is 26.4 Å². The molecule has 2 aromatic carbocycles. The van der Waals surface area contributed by atoms with Crippen LogP contribution in [0.25, 0.3) is 0 Å². The Balaban J connectivity index is 1.73. The van der Waals surface area contributed by atoms with E-state index >= 15 is 0 Å². The van der Waals surface area contributed by atoms with E-state index in [0.717, 1.165) is 0 Å². The van der Waals surface area contributed by atoms with Gasteiger partial charge < -0.3 is 19.3 Å². The number of hydrogen-bond acceptors (Lipinski definition) is 7. The Bertz CT molecular complexity index is 955. The second-order valence-electron chi connectivity index (χ2n) is 6.45. The molecule has 0 atom stereocenters. The SMILES string of the molecule is COc1cc(OC)cc(C(=O)N2CCN(c3ccc([N+](=O)[O-])cc3C#N)CC2)c1. The first-order valence-corrected chi connectivity index (χ1v) is 8.92. The van der Waals surface area contributed by atoms with E-state index in [1.54, 1.807) is 29.2 Å². The summed E-state index contributed by atoms with van der Waals surface area (Å²) in [6, 6.07) is 11.3. The van der Waals surface area contributed by atoms with Gasteiger partial charge >= 0.3 is 0 Å². The Morgan fingerprint density at radius 2 is 1.69 bits per heavy atom. The lowest BCUT2D eigenvalue weighted by atomic mass is 10.1. The first-order valence-electron chi connectivity index (χ1n) is 8.92. The van der Waals surface area contributed by atoms with Crippen molar-refractivity contribution in [2.75, 3.05) is 45.3 Å². The summed E-state index contributed by atoms with van der Waals surface area (Å²) in [6.07, 6.45) is 0. The number of amides is 1. The maximum Gasteiger partial charge on any atom is 0.270 e. The zero-order chi connectivity index (χ0) is 21.0. The van der Waals surface area contributed by atoms with Crippen molar-refractivity contribution in [3.8, 4) is 17.6 Å². The smallest absolute Gasteiger partial charge is 0.270 e. The van der Waals surface area contributed by atoms with Crippen LogP contribution in [0.4, 0.5) is 11.4 Å². The second kappa shape index (κ2) is 8.48. The van der Waals surface area contributed by atoms with E-state index in [0.29, 0.717) is 48.9 Å². The summed E-state index contributed by atoms with van der Waals surface area (Å²) in [5.74, 6) is 0.942. The molecule has 9 nitrogen and oxygen atoms in total. The summed E-state index contributed by atoms with van der Waals surface area (Å²) < 4.78 is 10.4. The summed E-state index contributed by atoms with van der Waals surface area (Å²) in [7, 11) is 3.05. The van der Waals surface area contributed by atoms with E-state index in [2.05, 4.69) is 0 Å². The zero-order valence-electron chi connectivity index (χ0n) is 16.1. The number of benzene rings is 2.